The number of carbonyl (C=O) groups is 3. The number of ether oxygens (including phenoxy) is 1. The largest absolute Gasteiger partial charge is 0.464 e. The highest BCUT2D eigenvalue weighted by Gasteiger charge is 2.44. The van der Waals surface area contributed by atoms with Crippen molar-refractivity contribution in [3.8, 4) is 0 Å². The van der Waals surface area contributed by atoms with Gasteiger partial charge in [-0.25, -0.2) is 9.79 Å². The summed E-state index contributed by atoms with van der Waals surface area (Å²) < 4.78 is 5.25. The molecule has 192 valence electrons. The van der Waals surface area contributed by atoms with E-state index in [-0.39, 0.29) is 36.1 Å². The van der Waals surface area contributed by atoms with Crippen molar-refractivity contribution in [2.24, 2.45) is 21.5 Å². The maximum Gasteiger partial charge on any atom is 0.329 e. The van der Waals surface area contributed by atoms with E-state index in [9.17, 15) is 14.4 Å². The number of fused-ring (bicyclic) bond motifs is 1. The third kappa shape index (κ3) is 4.32. The molecule has 2 aromatic carbocycles. The first-order chi connectivity index (χ1) is 17.8. The van der Waals surface area contributed by atoms with E-state index in [1.807, 2.05) is 29.2 Å². The molecular formula is C27H30N6O4. The van der Waals surface area contributed by atoms with Crippen LogP contribution in [0.2, 0.25) is 0 Å². The highest BCUT2D eigenvalue weighted by Crippen LogP contribution is 2.39. The van der Waals surface area contributed by atoms with E-state index in [0.29, 0.717) is 0 Å². The molecular weight excluding hydrogens is 472 g/mol. The van der Waals surface area contributed by atoms with Crippen LogP contribution in [0.25, 0.3) is 0 Å². The number of nitrogens with two attached hydrogens (primary N) is 2. The van der Waals surface area contributed by atoms with Crippen molar-refractivity contribution in [1.29, 1.82) is 0 Å². The molecule has 4 N–H and O–H groups in total. The number of imide groups is 1. The number of hydrogen-bond donors (Lipinski definition) is 2. The van der Waals surface area contributed by atoms with Crippen LogP contribution in [0.5, 0.6) is 0 Å². The molecule has 2 heterocycles. The first kappa shape index (κ1) is 24.5. The number of hydrogen-bond acceptors (Lipinski definition) is 9. The van der Waals surface area contributed by atoms with E-state index in [0.717, 1.165) is 48.3 Å². The minimum atomic E-state index is -1.09. The van der Waals surface area contributed by atoms with Crippen LogP contribution in [0.15, 0.2) is 58.5 Å². The molecule has 2 amide bonds. The molecule has 5 rings (SSSR count). The summed E-state index contributed by atoms with van der Waals surface area (Å²) in [6, 6.07) is 13.0. The number of carbonyl (C=O) groups excluding carboxylic acids is 3. The average molecular weight is 503 g/mol. The zero-order valence-electron chi connectivity index (χ0n) is 20.7. The SMILES string of the molecule is CCOC(=O)C(Cc1ccc(N2C(N)=NC(N)=NC23CCCCC3)cc1)N1C(=O)c2ccccc2C1=O. The second-order valence-electron chi connectivity index (χ2n) is 9.48. The van der Waals surface area contributed by atoms with Crippen LogP contribution in [-0.2, 0) is 16.0 Å². The Kier molecular flexibility index (Phi) is 6.41. The molecule has 2 aliphatic heterocycles. The van der Waals surface area contributed by atoms with Gasteiger partial charge >= 0.3 is 5.97 Å². The monoisotopic (exact) mass is 502 g/mol. The molecule has 1 atom stereocenters. The minimum Gasteiger partial charge on any atom is -0.464 e. The number of rotatable bonds is 6. The molecule has 3 aliphatic rings. The lowest BCUT2D eigenvalue weighted by atomic mass is 9.87. The second-order valence-corrected chi connectivity index (χ2v) is 9.48. The van der Waals surface area contributed by atoms with Crippen molar-refractivity contribution in [2.45, 2.75) is 57.2 Å². The summed E-state index contributed by atoms with van der Waals surface area (Å²) in [7, 11) is 0. The van der Waals surface area contributed by atoms with Gasteiger partial charge in [-0.15, -0.1) is 0 Å². The van der Waals surface area contributed by atoms with Gasteiger partial charge in [0.05, 0.1) is 17.7 Å². The van der Waals surface area contributed by atoms with Crippen molar-refractivity contribution in [2.75, 3.05) is 11.5 Å². The second kappa shape index (κ2) is 9.68. The topological polar surface area (TPSA) is 144 Å². The molecule has 1 fully saturated rings. The smallest absolute Gasteiger partial charge is 0.329 e. The molecule has 1 unspecified atom stereocenters. The Bertz CT molecular complexity index is 1260. The number of esters is 1. The molecule has 0 bridgehead atoms. The van der Waals surface area contributed by atoms with Crippen LogP contribution in [0, 0.1) is 0 Å². The molecule has 37 heavy (non-hydrogen) atoms. The third-order valence-corrected chi connectivity index (χ3v) is 7.17. The fourth-order valence-corrected chi connectivity index (χ4v) is 5.51. The highest BCUT2D eigenvalue weighted by molar-refractivity contribution is 6.22. The number of anilines is 1. The van der Waals surface area contributed by atoms with Crippen molar-refractivity contribution in [1.82, 2.24) is 4.90 Å². The Balaban J connectivity index is 1.42. The Morgan fingerprint density at radius 3 is 2.22 bits per heavy atom. The van der Waals surface area contributed by atoms with Gasteiger partial charge in [0.2, 0.25) is 11.9 Å². The summed E-state index contributed by atoms with van der Waals surface area (Å²) in [5, 5.41) is 0. The van der Waals surface area contributed by atoms with Gasteiger partial charge in [-0.2, -0.15) is 4.99 Å². The van der Waals surface area contributed by atoms with Crippen molar-refractivity contribution < 1.29 is 19.1 Å². The molecule has 0 saturated heterocycles. The summed E-state index contributed by atoms with van der Waals surface area (Å²) in [5.74, 6) is -1.15. The van der Waals surface area contributed by atoms with Crippen LogP contribution in [0.3, 0.4) is 0 Å². The van der Waals surface area contributed by atoms with E-state index in [1.165, 1.54) is 0 Å². The Morgan fingerprint density at radius 1 is 1.00 bits per heavy atom. The van der Waals surface area contributed by atoms with Gasteiger partial charge in [-0.05, 0) is 62.4 Å². The lowest BCUT2D eigenvalue weighted by molar-refractivity contribution is -0.147. The van der Waals surface area contributed by atoms with Crippen LogP contribution in [-0.4, -0.2) is 52.9 Å². The summed E-state index contributed by atoms with van der Waals surface area (Å²) in [5.41, 5.74) is 13.9. The van der Waals surface area contributed by atoms with Crippen LogP contribution in [0.1, 0.15) is 65.3 Å². The molecule has 10 nitrogen and oxygen atoms in total. The van der Waals surface area contributed by atoms with Gasteiger partial charge in [-0.3, -0.25) is 19.4 Å². The molecule has 0 radical (unpaired) electrons. The summed E-state index contributed by atoms with van der Waals surface area (Å²) in [4.78, 5) is 50.9. The summed E-state index contributed by atoms with van der Waals surface area (Å²) in [6.07, 6.45) is 4.91. The van der Waals surface area contributed by atoms with E-state index < -0.39 is 29.5 Å². The fourth-order valence-electron chi connectivity index (χ4n) is 5.51. The predicted molar refractivity (Wildman–Crippen MR) is 139 cm³/mol. The summed E-state index contributed by atoms with van der Waals surface area (Å²) >= 11 is 0. The average Bonchev–Trinajstić information content (AvgIpc) is 3.13. The molecule has 2 aromatic rings. The Labute approximate surface area is 215 Å². The van der Waals surface area contributed by atoms with Crippen molar-refractivity contribution in [3.05, 3.63) is 65.2 Å². The number of amides is 2. The Morgan fingerprint density at radius 2 is 1.62 bits per heavy atom. The molecule has 1 saturated carbocycles. The lowest BCUT2D eigenvalue weighted by Gasteiger charge is -2.45. The van der Waals surface area contributed by atoms with Gasteiger partial charge < -0.3 is 16.2 Å². The van der Waals surface area contributed by atoms with Crippen molar-refractivity contribution >= 4 is 35.4 Å². The van der Waals surface area contributed by atoms with Gasteiger partial charge in [0.1, 0.15) is 11.7 Å². The molecule has 1 aliphatic carbocycles. The molecule has 1 spiro atoms. The van der Waals surface area contributed by atoms with E-state index in [4.69, 9.17) is 21.2 Å². The number of guanidine groups is 2. The maximum absolute atomic E-state index is 13.1. The van der Waals surface area contributed by atoms with Crippen LogP contribution >= 0.6 is 0 Å². The molecule has 0 aromatic heterocycles. The summed E-state index contributed by atoms with van der Waals surface area (Å²) in [6.45, 7) is 1.82. The maximum atomic E-state index is 13.1. The minimum absolute atomic E-state index is 0.115. The van der Waals surface area contributed by atoms with Crippen molar-refractivity contribution in [3.63, 3.8) is 0 Å². The predicted octanol–water partition coefficient (Wildman–Crippen LogP) is 2.57. The highest BCUT2D eigenvalue weighted by atomic mass is 16.5. The number of aliphatic imine (C=N–C) groups is 2. The first-order valence-corrected chi connectivity index (χ1v) is 12.6. The van der Waals surface area contributed by atoms with Gasteiger partial charge in [0.25, 0.3) is 11.8 Å². The Hall–Kier alpha value is -4.21. The number of benzene rings is 2. The standard InChI is InChI=1S/C27H30N6O4/c1-2-37-24(36)21(32-22(34)19-8-4-5-9-20(19)23(32)35)16-17-10-12-18(13-11-17)33-26(29)30-25(28)31-27(33)14-6-3-7-15-27/h4-5,8-13,21H,2-3,6-7,14-16H2,1H3,(H4,28,29,30,31). The van der Waals surface area contributed by atoms with E-state index >= 15 is 0 Å². The van der Waals surface area contributed by atoms with Crippen LogP contribution < -0.4 is 16.4 Å². The van der Waals surface area contributed by atoms with E-state index in [2.05, 4.69) is 4.99 Å². The lowest BCUT2D eigenvalue weighted by Crippen LogP contribution is -2.58. The van der Waals surface area contributed by atoms with Crippen LogP contribution in [0.4, 0.5) is 5.69 Å². The third-order valence-electron chi connectivity index (χ3n) is 7.17. The zero-order chi connectivity index (χ0) is 26.2. The number of nitrogens with zero attached hydrogens (tertiary/aromatic N) is 4. The van der Waals surface area contributed by atoms with Gasteiger partial charge in [0, 0.05) is 12.1 Å². The van der Waals surface area contributed by atoms with E-state index in [1.54, 1.807) is 31.2 Å². The zero-order valence-corrected chi connectivity index (χ0v) is 20.7. The van der Waals surface area contributed by atoms with Gasteiger partial charge in [-0.1, -0.05) is 30.7 Å². The quantitative estimate of drug-likeness (QED) is 0.456. The van der Waals surface area contributed by atoms with Gasteiger partial charge in [0.15, 0.2) is 0 Å². The normalized spacial score (nSPS) is 19.4. The fraction of sp³-hybridized carbons (Fsp3) is 0.370. The molecule has 10 heteroatoms. The first-order valence-electron chi connectivity index (χ1n) is 12.6.